The van der Waals surface area contributed by atoms with E-state index in [1.807, 2.05) is 6.07 Å². The molecule has 0 aliphatic heterocycles. The van der Waals surface area contributed by atoms with Gasteiger partial charge in [0.05, 0.1) is 6.07 Å². The molecule has 0 spiro atoms. The van der Waals surface area contributed by atoms with Gasteiger partial charge in [0.15, 0.2) is 0 Å². The Morgan fingerprint density at radius 2 is 1.83 bits per heavy atom. The Hall–Kier alpha value is -2.95. The minimum atomic E-state index is -1.26. The molecule has 8 heteroatoms. The molecule has 2 amide bonds. The molecule has 0 aromatic heterocycles. The summed E-state index contributed by atoms with van der Waals surface area (Å²) in [5.74, 6) is -2.83. The van der Waals surface area contributed by atoms with Crippen LogP contribution in [-0.2, 0) is 20.8 Å². The van der Waals surface area contributed by atoms with Gasteiger partial charge in [-0.15, -0.1) is 0 Å². The van der Waals surface area contributed by atoms with Crippen LogP contribution in [0.15, 0.2) is 24.3 Å². The zero-order chi connectivity index (χ0) is 18.1. The highest BCUT2D eigenvalue weighted by Gasteiger charge is 2.25. The van der Waals surface area contributed by atoms with Crippen molar-refractivity contribution in [2.24, 2.45) is 0 Å². The van der Waals surface area contributed by atoms with Crippen LogP contribution in [0.3, 0.4) is 0 Å². The van der Waals surface area contributed by atoms with E-state index < -0.39 is 35.7 Å². The second-order valence-corrected chi connectivity index (χ2v) is 5.18. The molecular weight excluding hydrogens is 317 g/mol. The second-order valence-electron chi connectivity index (χ2n) is 5.18. The Kier molecular flexibility index (Phi) is 7.36. The third kappa shape index (κ3) is 6.44. The van der Waals surface area contributed by atoms with Crippen LogP contribution in [0.25, 0.3) is 0 Å². The van der Waals surface area contributed by atoms with Crippen LogP contribution in [0, 0.1) is 17.1 Å². The molecule has 0 heterocycles. The van der Waals surface area contributed by atoms with Gasteiger partial charge < -0.3 is 15.7 Å². The Morgan fingerprint density at radius 1 is 1.21 bits per heavy atom. The lowest BCUT2D eigenvalue weighted by atomic mass is 10.0. The van der Waals surface area contributed by atoms with E-state index in [-0.39, 0.29) is 19.3 Å². The average molecular weight is 335 g/mol. The molecule has 0 aliphatic carbocycles. The highest BCUT2D eigenvalue weighted by atomic mass is 19.1. The molecule has 7 nitrogen and oxygen atoms in total. The van der Waals surface area contributed by atoms with Crippen molar-refractivity contribution >= 4 is 17.8 Å². The third-order valence-electron chi connectivity index (χ3n) is 3.21. The van der Waals surface area contributed by atoms with Crippen LogP contribution in [0.4, 0.5) is 4.39 Å². The molecule has 0 fully saturated rings. The Morgan fingerprint density at radius 3 is 2.33 bits per heavy atom. The molecule has 0 saturated carbocycles. The van der Waals surface area contributed by atoms with Gasteiger partial charge in [-0.2, -0.15) is 5.26 Å². The molecule has 1 aromatic carbocycles. The zero-order valence-corrected chi connectivity index (χ0v) is 13.1. The highest BCUT2D eigenvalue weighted by Crippen LogP contribution is 2.07. The van der Waals surface area contributed by atoms with Crippen LogP contribution in [0.1, 0.15) is 25.3 Å². The van der Waals surface area contributed by atoms with Crippen molar-refractivity contribution in [3.05, 3.63) is 35.6 Å². The molecule has 0 saturated heterocycles. The fraction of sp³-hybridized carbons (Fsp3) is 0.375. The lowest BCUT2D eigenvalue weighted by Gasteiger charge is -2.20. The quantitative estimate of drug-likeness (QED) is 0.647. The molecule has 1 rings (SSSR count). The summed E-state index contributed by atoms with van der Waals surface area (Å²) in [6.07, 6.45) is 0.0111. The number of nitrogens with zero attached hydrogens (tertiary/aromatic N) is 1. The maximum Gasteiger partial charge on any atom is 0.326 e. The lowest BCUT2D eigenvalue weighted by Crippen LogP contribution is -2.52. The first-order valence-electron chi connectivity index (χ1n) is 7.25. The van der Waals surface area contributed by atoms with Crippen LogP contribution < -0.4 is 10.6 Å². The van der Waals surface area contributed by atoms with Gasteiger partial charge in [-0.25, -0.2) is 9.18 Å². The number of rotatable bonds is 8. The van der Waals surface area contributed by atoms with Gasteiger partial charge >= 0.3 is 5.97 Å². The zero-order valence-electron chi connectivity index (χ0n) is 13.1. The molecule has 128 valence electrons. The first kappa shape index (κ1) is 19.1. The van der Waals surface area contributed by atoms with Crippen molar-refractivity contribution < 1.29 is 23.9 Å². The van der Waals surface area contributed by atoms with Gasteiger partial charge in [0.25, 0.3) is 0 Å². The van der Waals surface area contributed by atoms with Crippen molar-refractivity contribution in [3.8, 4) is 6.07 Å². The average Bonchev–Trinajstić information content (AvgIpc) is 2.52. The number of amides is 2. The van der Waals surface area contributed by atoms with Crippen LogP contribution in [0.2, 0.25) is 0 Å². The number of halogens is 1. The summed E-state index contributed by atoms with van der Waals surface area (Å²) >= 11 is 0. The molecule has 3 N–H and O–H groups in total. The van der Waals surface area contributed by atoms with E-state index in [0.717, 1.165) is 0 Å². The Bertz CT molecular complexity index is 640. The van der Waals surface area contributed by atoms with E-state index >= 15 is 0 Å². The van der Waals surface area contributed by atoms with Gasteiger partial charge in [0, 0.05) is 19.8 Å². The first-order chi connectivity index (χ1) is 11.3. The number of nitriles is 1. The molecule has 0 radical (unpaired) electrons. The Labute approximate surface area is 138 Å². The molecule has 1 aromatic rings. The van der Waals surface area contributed by atoms with Gasteiger partial charge in [-0.3, -0.25) is 9.59 Å². The van der Waals surface area contributed by atoms with Crippen molar-refractivity contribution in [3.63, 3.8) is 0 Å². The minimum absolute atomic E-state index is 0.0278. The molecular formula is C16H18FN3O4. The molecule has 0 bridgehead atoms. The second kappa shape index (κ2) is 9.25. The summed E-state index contributed by atoms with van der Waals surface area (Å²) in [5, 5.41) is 22.4. The van der Waals surface area contributed by atoms with Gasteiger partial charge in [-0.1, -0.05) is 12.1 Å². The monoisotopic (exact) mass is 335 g/mol. The first-order valence-corrected chi connectivity index (χ1v) is 7.25. The van der Waals surface area contributed by atoms with Crippen molar-refractivity contribution in [1.82, 2.24) is 10.6 Å². The summed E-state index contributed by atoms with van der Waals surface area (Å²) < 4.78 is 12.9. The summed E-state index contributed by atoms with van der Waals surface area (Å²) in [6, 6.07) is 4.99. The normalized spacial score (nSPS) is 12.5. The highest BCUT2D eigenvalue weighted by molar-refractivity contribution is 5.90. The molecule has 0 aliphatic rings. The maximum atomic E-state index is 12.9. The number of carboxylic acids is 1. The number of carbonyl (C=O) groups excluding carboxylic acids is 2. The molecule has 2 atom stereocenters. The van der Waals surface area contributed by atoms with Crippen molar-refractivity contribution in [2.45, 2.75) is 38.3 Å². The lowest BCUT2D eigenvalue weighted by molar-refractivity contribution is -0.142. The summed E-state index contributed by atoms with van der Waals surface area (Å²) in [4.78, 5) is 34.7. The minimum Gasteiger partial charge on any atom is -0.480 e. The van der Waals surface area contributed by atoms with E-state index in [4.69, 9.17) is 10.4 Å². The smallest absolute Gasteiger partial charge is 0.326 e. The summed E-state index contributed by atoms with van der Waals surface area (Å²) in [7, 11) is 0. The Balaban J connectivity index is 2.83. The summed E-state index contributed by atoms with van der Waals surface area (Å²) in [5.41, 5.74) is 0.606. The van der Waals surface area contributed by atoms with E-state index in [1.165, 1.54) is 31.2 Å². The maximum absolute atomic E-state index is 12.9. The number of carbonyl (C=O) groups is 3. The largest absolute Gasteiger partial charge is 0.480 e. The fourth-order valence-corrected chi connectivity index (χ4v) is 2.05. The number of carboxylic acid groups (broad SMARTS) is 1. The predicted octanol–water partition coefficient (Wildman–Crippen LogP) is 0.746. The van der Waals surface area contributed by atoms with E-state index in [2.05, 4.69) is 10.6 Å². The van der Waals surface area contributed by atoms with E-state index in [0.29, 0.717) is 5.56 Å². The molecule has 24 heavy (non-hydrogen) atoms. The van der Waals surface area contributed by atoms with E-state index in [9.17, 15) is 18.8 Å². The SMILES string of the molecule is CC(=O)N[C@H](Cc1ccc(F)cc1)C(=O)N[C@@H](CCC#N)C(=O)O. The van der Waals surface area contributed by atoms with E-state index in [1.54, 1.807) is 0 Å². The number of hydrogen-bond acceptors (Lipinski definition) is 4. The molecule has 0 unspecified atom stereocenters. The number of nitrogens with one attached hydrogen (secondary N) is 2. The van der Waals surface area contributed by atoms with Crippen LogP contribution >= 0.6 is 0 Å². The number of benzene rings is 1. The topological polar surface area (TPSA) is 119 Å². The van der Waals surface area contributed by atoms with Crippen LogP contribution in [0.5, 0.6) is 0 Å². The third-order valence-corrected chi connectivity index (χ3v) is 3.21. The predicted molar refractivity (Wildman–Crippen MR) is 82.1 cm³/mol. The van der Waals surface area contributed by atoms with Crippen molar-refractivity contribution in [1.29, 1.82) is 5.26 Å². The van der Waals surface area contributed by atoms with Gasteiger partial charge in [0.2, 0.25) is 11.8 Å². The standard InChI is InChI=1S/C16H18FN3O4/c1-10(21)19-14(9-11-4-6-12(17)7-5-11)15(22)20-13(16(23)24)3-2-8-18/h4-7,13-14H,2-3,9H2,1H3,(H,19,21)(H,20,22)(H,23,24)/t13-,14+/m0/s1. The summed E-state index contributed by atoms with van der Waals surface area (Å²) in [6.45, 7) is 1.23. The van der Waals surface area contributed by atoms with Crippen molar-refractivity contribution in [2.75, 3.05) is 0 Å². The number of aliphatic carboxylic acids is 1. The fourth-order valence-electron chi connectivity index (χ4n) is 2.05. The van der Waals surface area contributed by atoms with Crippen LogP contribution in [-0.4, -0.2) is 35.0 Å². The van der Waals surface area contributed by atoms with Gasteiger partial charge in [-0.05, 0) is 24.1 Å². The number of hydrogen-bond donors (Lipinski definition) is 3. The van der Waals surface area contributed by atoms with Gasteiger partial charge in [0.1, 0.15) is 17.9 Å².